The quantitative estimate of drug-likeness (QED) is 0.716. The van der Waals surface area contributed by atoms with Gasteiger partial charge in [-0.25, -0.2) is 9.97 Å². The van der Waals surface area contributed by atoms with Crippen LogP contribution < -0.4 is 5.32 Å². The normalized spacial score (nSPS) is 23.0. The van der Waals surface area contributed by atoms with Crippen molar-refractivity contribution in [1.82, 2.24) is 29.6 Å². The number of pyridine rings is 1. The first-order chi connectivity index (χ1) is 14.7. The molecule has 0 bridgehead atoms. The third-order valence-electron chi connectivity index (χ3n) is 6.40. The molecule has 0 aromatic carbocycles. The van der Waals surface area contributed by atoms with Crippen molar-refractivity contribution in [2.45, 2.75) is 63.6 Å². The van der Waals surface area contributed by atoms with Gasteiger partial charge in [0.2, 0.25) is 0 Å². The van der Waals surface area contributed by atoms with Crippen LogP contribution in [-0.4, -0.2) is 49.5 Å². The summed E-state index contributed by atoms with van der Waals surface area (Å²) >= 11 is 0. The van der Waals surface area contributed by atoms with Gasteiger partial charge >= 0.3 is 0 Å². The number of fused-ring (bicyclic) bond motifs is 1. The molecular weight excluding hydrogens is 380 g/mol. The van der Waals surface area contributed by atoms with E-state index in [9.17, 15) is 4.79 Å². The van der Waals surface area contributed by atoms with Gasteiger partial charge in [-0.1, -0.05) is 0 Å². The number of amides is 1. The molecule has 8 heteroatoms. The number of aromatic nitrogens is 5. The average molecular weight is 409 g/mol. The van der Waals surface area contributed by atoms with E-state index in [1.165, 1.54) is 5.56 Å². The van der Waals surface area contributed by atoms with E-state index in [4.69, 9.17) is 4.74 Å². The van der Waals surface area contributed by atoms with Crippen molar-refractivity contribution in [1.29, 1.82) is 0 Å². The van der Waals surface area contributed by atoms with Crippen LogP contribution in [0.3, 0.4) is 0 Å². The highest BCUT2D eigenvalue weighted by Gasteiger charge is 2.25. The topological polar surface area (TPSA) is 86.9 Å². The summed E-state index contributed by atoms with van der Waals surface area (Å²) in [5.74, 6) is -0.0663. The molecule has 0 spiro atoms. The third-order valence-corrected chi connectivity index (χ3v) is 6.40. The van der Waals surface area contributed by atoms with Gasteiger partial charge in [-0.2, -0.15) is 5.10 Å². The largest absolute Gasteiger partial charge is 0.381 e. The summed E-state index contributed by atoms with van der Waals surface area (Å²) in [5, 5.41) is 7.63. The van der Waals surface area contributed by atoms with Gasteiger partial charge in [-0.15, -0.1) is 0 Å². The minimum Gasteiger partial charge on any atom is -0.381 e. The molecule has 1 saturated carbocycles. The lowest BCUT2D eigenvalue weighted by atomic mass is 9.91. The molecule has 1 saturated heterocycles. The van der Waals surface area contributed by atoms with Crippen LogP contribution in [0.2, 0.25) is 0 Å². The predicted octanol–water partition coefficient (Wildman–Crippen LogP) is 3.20. The molecule has 8 nitrogen and oxygen atoms in total. The fourth-order valence-corrected chi connectivity index (χ4v) is 4.66. The smallest absolute Gasteiger partial charge is 0.253 e. The minimum atomic E-state index is -0.0663. The van der Waals surface area contributed by atoms with Crippen LogP contribution in [0.15, 0.2) is 31.0 Å². The van der Waals surface area contributed by atoms with Gasteiger partial charge in [0.1, 0.15) is 5.52 Å². The first-order valence-corrected chi connectivity index (χ1v) is 10.9. The van der Waals surface area contributed by atoms with Crippen LogP contribution in [0.25, 0.3) is 11.2 Å². The van der Waals surface area contributed by atoms with Crippen LogP contribution in [0.4, 0.5) is 0 Å². The summed E-state index contributed by atoms with van der Waals surface area (Å²) in [6.45, 7) is 3.60. The summed E-state index contributed by atoms with van der Waals surface area (Å²) in [5.41, 5.74) is 3.37. The Balaban J connectivity index is 1.22. The maximum absolute atomic E-state index is 12.8. The van der Waals surface area contributed by atoms with Gasteiger partial charge in [0, 0.05) is 37.7 Å². The predicted molar refractivity (Wildman–Crippen MR) is 112 cm³/mol. The molecule has 0 radical (unpaired) electrons. The van der Waals surface area contributed by atoms with Crippen LogP contribution in [-0.2, 0) is 4.74 Å². The second-order valence-electron chi connectivity index (χ2n) is 8.54. The highest BCUT2D eigenvalue weighted by atomic mass is 16.5. The highest BCUT2D eigenvalue weighted by Crippen LogP contribution is 2.29. The minimum absolute atomic E-state index is 0.0663. The summed E-state index contributed by atoms with van der Waals surface area (Å²) in [4.78, 5) is 21.9. The van der Waals surface area contributed by atoms with Gasteiger partial charge in [-0.05, 0) is 57.1 Å². The molecule has 5 rings (SSSR count). The number of imidazole rings is 1. The van der Waals surface area contributed by atoms with E-state index < -0.39 is 0 Å². The van der Waals surface area contributed by atoms with Crippen molar-refractivity contribution in [3.05, 3.63) is 42.1 Å². The van der Waals surface area contributed by atoms with Crippen molar-refractivity contribution in [3.8, 4) is 0 Å². The van der Waals surface area contributed by atoms with E-state index in [2.05, 4.69) is 42.8 Å². The van der Waals surface area contributed by atoms with Crippen LogP contribution >= 0.6 is 0 Å². The van der Waals surface area contributed by atoms with Gasteiger partial charge in [0.05, 0.1) is 24.1 Å². The van der Waals surface area contributed by atoms with Crippen molar-refractivity contribution < 1.29 is 9.53 Å². The number of hydrogen-bond donors (Lipinski definition) is 1. The van der Waals surface area contributed by atoms with E-state index in [1.54, 1.807) is 6.20 Å². The molecule has 3 aromatic rings. The molecule has 0 atom stereocenters. The molecule has 1 N–H and O–H groups in total. The third kappa shape index (κ3) is 3.84. The Hall–Kier alpha value is -2.74. The molecule has 1 aliphatic heterocycles. The number of rotatable bonds is 4. The van der Waals surface area contributed by atoms with Gasteiger partial charge < -0.3 is 14.6 Å². The fourth-order valence-electron chi connectivity index (χ4n) is 4.66. The van der Waals surface area contributed by atoms with E-state index >= 15 is 0 Å². The van der Waals surface area contributed by atoms with Gasteiger partial charge in [0.15, 0.2) is 5.65 Å². The van der Waals surface area contributed by atoms with Crippen molar-refractivity contribution in [2.24, 2.45) is 0 Å². The Morgan fingerprint density at radius 3 is 2.60 bits per heavy atom. The number of nitrogens with zero attached hydrogens (tertiary/aromatic N) is 5. The maximum Gasteiger partial charge on any atom is 0.253 e. The number of aryl methyl sites for hydroxylation is 1. The number of carbonyl (C=O) groups excluding carboxylic acids is 1. The molecule has 30 heavy (non-hydrogen) atoms. The average Bonchev–Trinajstić information content (AvgIpc) is 3.40. The molecule has 1 amide bonds. The summed E-state index contributed by atoms with van der Waals surface area (Å²) in [6, 6.07) is 2.84. The summed E-state index contributed by atoms with van der Waals surface area (Å²) < 4.78 is 9.65. The molecule has 2 aliphatic rings. The lowest BCUT2D eigenvalue weighted by molar-refractivity contribution is 0.0704. The van der Waals surface area contributed by atoms with E-state index in [1.807, 2.05) is 18.6 Å². The number of nitrogens with one attached hydrogen (secondary N) is 1. The molecule has 2 fully saturated rings. The van der Waals surface area contributed by atoms with Crippen molar-refractivity contribution in [3.63, 3.8) is 0 Å². The first-order valence-electron chi connectivity index (χ1n) is 10.9. The maximum atomic E-state index is 12.8. The Bertz CT molecular complexity index is 1030. The molecule has 1 aliphatic carbocycles. The molecule has 0 unspecified atom stereocenters. The van der Waals surface area contributed by atoms with Gasteiger partial charge in [0.25, 0.3) is 5.91 Å². The fraction of sp³-hybridized carbons (Fsp3) is 0.545. The number of hydrogen-bond acceptors (Lipinski definition) is 5. The van der Waals surface area contributed by atoms with Crippen LogP contribution in [0.5, 0.6) is 0 Å². The van der Waals surface area contributed by atoms with Crippen LogP contribution in [0, 0.1) is 6.92 Å². The standard InChI is InChI=1S/C22H28N6O2/c1-15-11-25-28(13-15)19-4-2-17(3-5-19)26-22(29)16-10-20-21(23-12-16)27(14-24-20)18-6-8-30-9-7-18/h10-14,17-19H,2-9H2,1H3,(H,26,29). The van der Waals surface area contributed by atoms with Crippen molar-refractivity contribution >= 4 is 17.1 Å². The zero-order valence-corrected chi connectivity index (χ0v) is 17.3. The lowest BCUT2D eigenvalue weighted by Crippen LogP contribution is -2.38. The SMILES string of the molecule is Cc1cnn(C2CCC(NC(=O)c3cnc4c(c3)ncn4C3CCOCC3)CC2)c1. The monoisotopic (exact) mass is 408 g/mol. The summed E-state index contributed by atoms with van der Waals surface area (Å²) in [6.07, 6.45) is 13.4. The zero-order chi connectivity index (χ0) is 20.5. The lowest BCUT2D eigenvalue weighted by Gasteiger charge is -2.29. The van der Waals surface area contributed by atoms with E-state index in [0.717, 1.165) is 62.9 Å². The Kier molecular flexibility index (Phi) is 5.25. The molecule has 4 heterocycles. The highest BCUT2D eigenvalue weighted by molar-refractivity contribution is 5.96. The van der Waals surface area contributed by atoms with Gasteiger partial charge in [-0.3, -0.25) is 9.48 Å². The number of ether oxygens (including phenoxy) is 1. The first kappa shape index (κ1) is 19.2. The Morgan fingerprint density at radius 2 is 1.87 bits per heavy atom. The Morgan fingerprint density at radius 1 is 1.07 bits per heavy atom. The zero-order valence-electron chi connectivity index (χ0n) is 17.3. The molecular formula is C22H28N6O2. The van der Waals surface area contributed by atoms with Crippen LogP contribution in [0.1, 0.15) is 66.5 Å². The molecule has 3 aromatic heterocycles. The second-order valence-corrected chi connectivity index (χ2v) is 8.54. The second kappa shape index (κ2) is 8.18. The molecule has 158 valence electrons. The van der Waals surface area contributed by atoms with E-state index in [-0.39, 0.29) is 11.9 Å². The summed E-state index contributed by atoms with van der Waals surface area (Å²) in [7, 11) is 0. The number of carbonyl (C=O) groups is 1. The Labute approximate surface area is 175 Å². The van der Waals surface area contributed by atoms with Crippen molar-refractivity contribution in [2.75, 3.05) is 13.2 Å². The van der Waals surface area contributed by atoms with E-state index in [0.29, 0.717) is 17.6 Å².